The van der Waals surface area contributed by atoms with Crippen LogP contribution in [0.1, 0.15) is 52.0 Å². The predicted octanol–water partition coefficient (Wildman–Crippen LogP) is 3.41. The van der Waals surface area contributed by atoms with Crippen molar-refractivity contribution in [2.75, 3.05) is 26.7 Å². The highest BCUT2D eigenvalue weighted by molar-refractivity contribution is 7.89. The lowest BCUT2D eigenvalue weighted by Crippen LogP contribution is -2.55. The van der Waals surface area contributed by atoms with Crippen molar-refractivity contribution in [1.29, 1.82) is 0 Å². The minimum absolute atomic E-state index is 0.00990. The van der Waals surface area contributed by atoms with Gasteiger partial charge in [0.05, 0.1) is 17.7 Å². The SMILES string of the molecule is CNCC(=O)NC(C)CCCC(=O)NCCC(O)(Cc1ccccc1)N(CC(C)C)S(=O)(=O)c1ccc2occc2c1. The van der Waals surface area contributed by atoms with Crippen molar-refractivity contribution in [3.8, 4) is 0 Å². The lowest BCUT2D eigenvalue weighted by Gasteiger charge is -2.40. The Morgan fingerprint density at radius 2 is 1.79 bits per heavy atom. The number of sulfonamides is 1. The minimum atomic E-state index is -4.14. The van der Waals surface area contributed by atoms with Gasteiger partial charge in [-0.3, -0.25) is 9.59 Å². The number of amides is 2. The van der Waals surface area contributed by atoms with Gasteiger partial charge in [0.2, 0.25) is 21.8 Å². The summed E-state index contributed by atoms with van der Waals surface area (Å²) in [5, 5.41) is 21.3. The molecular formula is C31H44N4O6S. The summed E-state index contributed by atoms with van der Waals surface area (Å²) in [6.45, 7) is 6.09. The third kappa shape index (κ3) is 9.38. The lowest BCUT2D eigenvalue weighted by atomic mass is 9.98. The molecule has 4 N–H and O–H groups in total. The monoisotopic (exact) mass is 600 g/mol. The zero-order valence-corrected chi connectivity index (χ0v) is 25.7. The zero-order chi connectivity index (χ0) is 30.8. The van der Waals surface area contributed by atoms with E-state index in [4.69, 9.17) is 4.42 Å². The van der Waals surface area contributed by atoms with Gasteiger partial charge in [-0.25, -0.2) is 8.42 Å². The summed E-state index contributed by atoms with van der Waals surface area (Å²) in [5.41, 5.74) is -0.467. The van der Waals surface area contributed by atoms with Crippen LogP contribution in [-0.2, 0) is 26.0 Å². The van der Waals surface area contributed by atoms with Crippen LogP contribution in [0.3, 0.4) is 0 Å². The van der Waals surface area contributed by atoms with Crippen molar-refractivity contribution >= 4 is 32.8 Å². The van der Waals surface area contributed by atoms with Gasteiger partial charge in [0.25, 0.3) is 0 Å². The molecule has 1 aromatic heterocycles. The molecule has 0 bridgehead atoms. The van der Waals surface area contributed by atoms with E-state index in [0.29, 0.717) is 23.8 Å². The molecule has 230 valence electrons. The zero-order valence-electron chi connectivity index (χ0n) is 24.9. The molecule has 2 atom stereocenters. The van der Waals surface area contributed by atoms with Gasteiger partial charge in [-0.1, -0.05) is 44.2 Å². The van der Waals surface area contributed by atoms with Gasteiger partial charge in [-0.05, 0) is 62.6 Å². The molecule has 1 heterocycles. The van der Waals surface area contributed by atoms with E-state index in [1.165, 1.54) is 16.6 Å². The fraction of sp³-hybridized carbons (Fsp3) is 0.484. The van der Waals surface area contributed by atoms with E-state index in [9.17, 15) is 23.1 Å². The summed E-state index contributed by atoms with van der Waals surface area (Å²) in [6.07, 6.45) is 3.01. The number of carbonyl (C=O) groups excluding carboxylic acids is 2. The Morgan fingerprint density at radius 1 is 1.05 bits per heavy atom. The third-order valence-electron chi connectivity index (χ3n) is 6.97. The minimum Gasteiger partial charge on any atom is -0.464 e. The average Bonchev–Trinajstić information content (AvgIpc) is 3.40. The molecule has 0 aliphatic rings. The van der Waals surface area contributed by atoms with Crippen LogP contribution in [0.25, 0.3) is 11.0 Å². The maximum atomic E-state index is 14.1. The van der Waals surface area contributed by atoms with Gasteiger partial charge in [-0.2, -0.15) is 4.31 Å². The Morgan fingerprint density at radius 3 is 2.48 bits per heavy atom. The molecule has 0 spiro atoms. The number of fused-ring (bicyclic) bond motifs is 1. The third-order valence-corrected chi connectivity index (χ3v) is 8.89. The Bertz CT molecular complexity index is 1410. The number of carbonyl (C=O) groups is 2. The normalized spacial score (nSPS) is 14.2. The van der Waals surface area contributed by atoms with Crippen LogP contribution in [0.4, 0.5) is 0 Å². The second-order valence-electron chi connectivity index (χ2n) is 11.2. The fourth-order valence-corrected chi connectivity index (χ4v) is 6.77. The number of nitrogens with zero attached hydrogens (tertiary/aromatic N) is 1. The number of likely N-dealkylation sites (N-methyl/N-ethyl adjacent to an activating group) is 1. The molecule has 3 aromatic rings. The molecule has 2 unspecified atom stereocenters. The number of hydrogen-bond donors (Lipinski definition) is 4. The fourth-order valence-electron chi connectivity index (χ4n) is 4.90. The van der Waals surface area contributed by atoms with Crippen LogP contribution < -0.4 is 16.0 Å². The van der Waals surface area contributed by atoms with Crippen LogP contribution in [-0.4, -0.2) is 68.1 Å². The first-order valence-corrected chi connectivity index (χ1v) is 15.9. The number of aliphatic hydroxyl groups is 1. The van der Waals surface area contributed by atoms with Crippen LogP contribution in [0.2, 0.25) is 0 Å². The number of hydrogen-bond acceptors (Lipinski definition) is 7. The van der Waals surface area contributed by atoms with E-state index >= 15 is 0 Å². The van der Waals surface area contributed by atoms with Crippen LogP contribution in [0.15, 0.2) is 70.2 Å². The van der Waals surface area contributed by atoms with E-state index in [1.54, 1.807) is 25.2 Å². The molecule has 3 rings (SSSR count). The van der Waals surface area contributed by atoms with Crippen LogP contribution in [0.5, 0.6) is 0 Å². The molecule has 0 radical (unpaired) electrons. The quantitative estimate of drug-likeness (QED) is 0.174. The smallest absolute Gasteiger partial charge is 0.245 e. The van der Waals surface area contributed by atoms with E-state index in [0.717, 1.165) is 5.56 Å². The summed E-state index contributed by atoms with van der Waals surface area (Å²) < 4.78 is 34.8. The highest BCUT2D eigenvalue weighted by Crippen LogP contribution is 2.31. The van der Waals surface area contributed by atoms with Crippen molar-refractivity contribution in [3.05, 3.63) is 66.4 Å². The van der Waals surface area contributed by atoms with Crippen molar-refractivity contribution in [3.63, 3.8) is 0 Å². The van der Waals surface area contributed by atoms with Crippen molar-refractivity contribution in [2.24, 2.45) is 5.92 Å². The first-order chi connectivity index (χ1) is 19.9. The average molecular weight is 601 g/mol. The Labute approximate surface area is 248 Å². The topological polar surface area (TPSA) is 141 Å². The lowest BCUT2D eigenvalue weighted by molar-refractivity contribution is -0.122. The van der Waals surface area contributed by atoms with Gasteiger partial charge in [0, 0.05) is 43.8 Å². The van der Waals surface area contributed by atoms with E-state index in [1.807, 2.05) is 51.1 Å². The van der Waals surface area contributed by atoms with E-state index < -0.39 is 15.7 Å². The first-order valence-electron chi connectivity index (χ1n) is 14.4. The Hall–Kier alpha value is -3.25. The molecule has 0 aliphatic heterocycles. The molecule has 42 heavy (non-hydrogen) atoms. The number of furan rings is 1. The molecule has 2 aromatic carbocycles. The summed E-state index contributed by atoms with van der Waals surface area (Å²) in [4.78, 5) is 24.4. The largest absolute Gasteiger partial charge is 0.464 e. The molecule has 0 fully saturated rings. The van der Waals surface area contributed by atoms with Gasteiger partial charge in [0.1, 0.15) is 11.3 Å². The summed E-state index contributed by atoms with van der Waals surface area (Å²) in [7, 11) is -2.44. The number of rotatable bonds is 17. The van der Waals surface area contributed by atoms with Gasteiger partial charge in [0.15, 0.2) is 0 Å². The van der Waals surface area contributed by atoms with Gasteiger partial charge in [-0.15, -0.1) is 0 Å². The molecule has 10 nitrogen and oxygen atoms in total. The van der Waals surface area contributed by atoms with Gasteiger partial charge >= 0.3 is 0 Å². The highest BCUT2D eigenvalue weighted by Gasteiger charge is 2.43. The summed E-state index contributed by atoms with van der Waals surface area (Å²) >= 11 is 0. The number of benzene rings is 2. The van der Waals surface area contributed by atoms with Crippen molar-refractivity contribution in [2.45, 2.75) is 69.5 Å². The summed E-state index contributed by atoms with van der Waals surface area (Å²) in [5.74, 6) is -0.378. The molecule has 0 aliphatic carbocycles. The molecule has 0 saturated carbocycles. The standard InChI is InChI=1S/C31H44N4O6S/c1-23(2)22-35(42(39,40)27-13-14-28-26(19-27)15-18-41-28)31(38,20-25-10-6-5-7-11-25)16-17-33-29(36)12-8-9-24(3)34-30(37)21-32-4/h5-7,10-11,13-15,18-19,23-24,32,38H,8-9,12,16-17,20-22H2,1-4H3,(H,33,36)(H,34,37). The van der Waals surface area contributed by atoms with E-state index in [2.05, 4.69) is 16.0 Å². The van der Waals surface area contributed by atoms with Crippen LogP contribution >= 0.6 is 0 Å². The van der Waals surface area contributed by atoms with Crippen LogP contribution in [0, 0.1) is 5.92 Å². The Balaban J connectivity index is 1.76. The highest BCUT2D eigenvalue weighted by atomic mass is 32.2. The molecule has 0 saturated heterocycles. The maximum Gasteiger partial charge on any atom is 0.245 e. The Kier molecular flexibility index (Phi) is 12.1. The summed E-state index contributed by atoms with van der Waals surface area (Å²) in [6, 6.07) is 15.5. The predicted molar refractivity (Wildman–Crippen MR) is 163 cm³/mol. The van der Waals surface area contributed by atoms with E-state index in [-0.39, 0.29) is 67.6 Å². The molecule has 11 heteroatoms. The molecular weight excluding hydrogens is 556 g/mol. The molecule has 2 amide bonds. The first kappa shape index (κ1) is 33.3. The number of nitrogens with one attached hydrogen (secondary N) is 3. The second kappa shape index (κ2) is 15.3. The van der Waals surface area contributed by atoms with Crippen molar-refractivity contribution < 1.29 is 27.5 Å². The second-order valence-corrected chi connectivity index (χ2v) is 13.0. The van der Waals surface area contributed by atoms with Gasteiger partial charge < -0.3 is 25.5 Å². The maximum absolute atomic E-state index is 14.1. The van der Waals surface area contributed by atoms with Crippen molar-refractivity contribution in [1.82, 2.24) is 20.3 Å².